The first-order valence-corrected chi connectivity index (χ1v) is 10.4. The average Bonchev–Trinajstić information content (AvgIpc) is 3.33. The van der Waals surface area contributed by atoms with Crippen LogP contribution >= 0.6 is 11.3 Å². The number of nitrogens with two attached hydrogens (primary N) is 1. The third-order valence-corrected chi connectivity index (χ3v) is 5.49. The second-order valence-electron chi connectivity index (χ2n) is 5.93. The lowest BCUT2D eigenvalue weighted by Crippen LogP contribution is -2.73. The smallest absolute Gasteiger partial charge is 0.362 e. The zero-order chi connectivity index (χ0) is 22.8. The van der Waals surface area contributed by atoms with Gasteiger partial charge in [-0.05, 0) is 0 Å². The molecule has 1 saturated heterocycles. The van der Waals surface area contributed by atoms with Crippen molar-refractivity contribution in [3.8, 4) is 0 Å². The minimum atomic E-state index is -4.91. The van der Waals surface area contributed by atoms with Crippen LogP contribution in [0.4, 0.5) is 5.13 Å². The Morgan fingerprint density at radius 3 is 2.71 bits per heavy atom. The first kappa shape index (κ1) is 22.1. The topological polar surface area (TPSA) is 232 Å². The van der Waals surface area contributed by atoms with Gasteiger partial charge >= 0.3 is 16.3 Å². The summed E-state index contributed by atoms with van der Waals surface area (Å²) in [6.45, 7) is -1.08. The van der Waals surface area contributed by atoms with E-state index in [1.807, 2.05) is 0 Å². The molecular formula is C13H14N8O8S2. The zero-order valence-electron chi connectivity index (χ0n) is 15.2. The predicted molar refractivity (Wildman–Crippen MR) is 101 cm³/mol. The van der Waals surface area contributed by atoms with Gasteiger partial charge in [-0.25, -0.2) is 19.1 Å². The fourth-order valence-corrected chi connectivity index (χ4v) is 4.04. The van der Waals surface area contributed by atoms with Crippen molar-refractivity contribution >= 4 is 50.3 Å². The third-order valence-electron chi connectivity index (χ3n) is 3.87. The molecule has 1 aliphatic rings. The van der Waals surface area contributed by atoms with Crippen LogP contribution in [0.15, 0.2) is 23.2 Å². The summed E-state index contributed by atoms with van der Waals surface area (Å²) in [5.74, 6) is -3.48. The van der Waals surface area contributed by atoms with Crippen molar-refractivity contribution in [3.05, 3.63) is 23.7 Å². The molecule has 0 bridgehead atoms. The van der Waals surface area contributed by atoms with Gasteiger partial charge in [-0.15, -0.1) is 11.3 Å². The van der Waals surface area contributed by atoms with Crippen molar-refractivity contribution < 1.29 is 37.3 Å². The molecule has 166 valence electrons. The number of β-lactam (4-membered cyclic amide) rings is 1. The Balaban J connectivity index is 1.83. The monoisotopic (exact) mass is 474 g/mol. The Hall–Kier alpha value is -3.64. The molecule has 2 aromatic rings. The highest BCUT2D eigenvalue weighted by atomic mass is 32.2. The van der Waals surface area contributed by atoms with Gasteiger partial charge in [-0.1, -0.05) is 5.16 Å². The normalized spacial score (nSPS) is 19.1. The van der Waals surface area contributed by atoms with Gasteiger partial charge in [0, 0.05) is 5.38 Å². The van der Waals surface area contributed by atoms with Gasteiger partial charge in [-0.2, -0.15) is 13.5 Å². The van der Waals surface area contributed by atoms with Crippen molar-refractivity contribution in [2.24, 2.45) is 5.16 Å². The van der Waals surface area contributed by atoms with Gasteiger partial charge < -0.3 is 21.0 Å². The van der Waals surface area contributed by atoms with E-state index in [0.29, 0.717) is 0 Å². The number of nitrogen functional groups attached to an aromatic ring is 1. The number of carboxylic acid groups (broad SMARTS) is 1. The molecule has 3 rings (SSSR count). The SMILES string of the molecule is Nc1nc(C(=NOCC(=O)O)C(=O)NC2C(=O)N(S(=O)(=O)O)C2Cn2cncn2)cs1. The lowest BCUT2D eigenvalue weighted by molar-refractivity contribution is -0.145. The second kappa shape index (κ2) is 8.62. The Bertz CT molecular complexity index is 1130. The maximum atomic E-state index is 12.7. The van der Waals surface area contributed by atoms with E-state index in [9.17, 15) is 27.4 Å². The van der Waals surface area contributed by atoms with Gasteiger partial charge in [0.05, 0.1) is 12.6 Å². The standard InChI is InChI=1S/C13H14N8O8S2/c14-13-17-6(3-30-13)9(19-29-2-8(22)23)11(24)18-10-7(1-20-5-15-4-16-20)21(12(10)25)31(26,27)28/h3-5,7,10H,1-2H2,(H2,14,17)(H,18,24)(H,22,23)(H,26,27,28). The van der Waals surface area contributed by atoms with Crippen LogP contribution in [-0.2, 0) is 36.1 Å². The summed E-state index contributed by atoms with van der Waals surface area (Å²) in [6.07, 6.45) is 2.41. The Labute approximate surface area is 177 Å². The van der Waals surface area contributed by atoms with E-state index in [4.69, 9.17) is 10.8 Å². The molecule has 3 heterocycles. The quantitative estimate of drug-likeness (QED) is 0.126. The Morgan fingerprint density at radius 1 is 1.42 bits per heavy atom. The van der Waals surface area contributed by atoms with Crippen LogP contribution in [-0.4, -0.2) is 84.3 Å². The van der Waals surface area contributed by atoms with E-state index in [1.165, 1.54) is 22.7 Å². The summed E-state index contributed by atoms with van der Waals surface area (Å²) in [5.41, 5.74) is 4.98. The number of carboxylic acids is 1. The second-order valence-corrected chi connectivity index (χ2v) is 8.10. The van der Waals surface area contributed by atoms with Gasteiger partial charge in [0.25, 0.3) is 11.8 Å². The number of thiazole rings is 1. The molecule has 0 aromatic carbocycles. The molecule has 16 nitrogen and oxygen atoms in total. The van der Waals surface area contributed by atoms with Crippen LogP contribution in [0.3, 0.4) is 0 Å². The van der Waals surface area contributed by atoms with Crippen LogP contribution < -0.4 is 11.1 Å². The lowest BCUT2D eigenvalue weighted by Gasteiger charge is -2.43. The van der Waals surface area contributed by atoms with Crippen molar-refractivity contribution in [1.29, 1.82) is 0 Å². The summed E-state index contributed by atoms with van der Waals surface area (Å²) >= 11 is 0.964. The molecule has 2 unspecified atom stereocenters. The molecule has 0 spiro atoms. The van der Waals surface area contributed by atoms with E-state index in [0.717, 1.165) is 11.3 Å². The van der Waals surface area contributed by atoms with Gasteiger partial charge in [0.1, 0.15) is 24.4 Å². The number of carbonyl (C=O) groups is 3. The Kier molecular flexibility index (Phi) is 6.13. The van der Waals surface area contributed by atoms with Crippen molar-refractivity contribution in [2.45, 2.75) is 18.6 Å². The summed E-state index contributed by atoms with van der Waals surface area (Å²) in [5, 5.41) is 19.6. The first-order valence-electron chi connectivity index (χ1n) is 8.15. The molecule has 0 aliphatic carbocycles. The number of amides is 2. The first-order chi connectivity index (χ1) is 14.6. The average molecular weight is 474 g/mol. The minimum Gasteiger partial charge on any atom is -0.479 e. The molecule has 31 heavy (non-hydrogen) atoms. The Morgan fingerprint density at radius 2 is 2.16 bits per heavy atom. The number of aromatic nitrogens is 4. The molecule has 2 aromatic heterocycles. The van der Waals surface area contributed by atoms with E-state index in [-0.39, 0.29) is 21.7 Å². The predicted octanol–water partition coefficient (Wildman–Crippen LogP) is -2.68. The molecule has 0 radical (unpaired) electrons. The van der Waals surface area contributed by atoms with Crippen LogP contribution in [0.5, 0.6) is 0 Å². The largest absolute Gasteiger partial charge is 0.479 e. The van der Waals surface area contributed by atoms with Gasteiger partial charge in [-0.3, -0.25) is 18.8 Å². The fraction of sp³-hybridized carbons (Fsp3) is 0.308. The highest BCUT2D eigenvalue weighted by molar-refractivity contribution is 7.84. The van der Waals surface area contributed by atoms with E-state index >= 15 is 0 Å². The number of oxime groups is 1. The number of carbonyl (C=O) groups excluding carboxylic acids is 2. The molecule has 2 amide bonds. The molecule has 2 atom stereocenters. The number of aliphatic carboxylic acids is 1. The number of nitrogens with zero attached hydrogens (tertiary/aromatic N) is 6. The van der Waals surface area contributed by atoms with Crippen molar-refractivity contribution in [1.82, 2.24) is 29.4 Å². The van der Waals surface area contributed by atoms with Crippen molar-refractivity contribution in [2.75, 3.05) is 12.3 Å². The number of nitrogens with one attached hydrogen (secondary N) is 1. The van der Waals surface area contributed by atoms with E-state index in [2.05, 4.69) is 30.4 Å². The highest BCUT2D eigenvalue weighted by Gasteiger charge is 2.54. The van der Waals surface area contributed by atoms with Crippen LogP contribution in [0.2, 0.25) is 0 Å². The number of anilines is 1. The van der Waals surface area contributed by atoms with Gasteiger partial charge in [0.2, 0.25) is 6.61 Å². The fourth-order valence-electron chi connectivity index (χ4n) is 2.62. The molecule has 5 N–H and O–H groups in total. The lowest BCUT2D eigenvalue weighted by atomic mass is 9.98. The van der Waals surface area contributed by atoms with E-state index < -0.39 is 52.5 Å². The summed E-state index contributed by atoms with van der Waals surface area (Å²) in [7, 11) is -4.91. The number of rotatable bonds is 9. The third kappa shape index (κ3) is 4.92. The number of hydrogen-bond acceptors (Lipinski definition) is 12. The molecule has 1 aliphatic heterocycles. The van der Waals surface area contributed by atoms with Crippen LogP contribution in [0.1, 0.15) is 5.69 Å². The van der Waals surface area contributed by atoms with Crippen molar-refractivity contribution in [3.63, 3.8) is 0 Å². The maximum Gasteiger partial charge on any atom is 0.362 e. The van der Waals surface area contributed by atoms with E-state index in [1.54, 1.807) is 0 Å². The van der Waals surface area contributed by atoms with Gasteiger partial charge in [0.15, 0.2) is 10.8 Å². The summed E-state index contributed by atoms with van der Waals surface area (Å²) < 4.78 is 33.8. The molecule has 0 saturated carbocycles. The summed E-state index contributed by atoms with van der Waals surface area (Å²) in [4.78, 5) is 47.8. The zero-order valence-corrected chi connectivity index (χ0v) is 16.9. The highest BCUT2D eigenvalue weighted by Crippen LogP contribution is 2.25. The molecular weight excluding hydrogens is 460 g/mol. The maximum absolute atomic E-state index is 12.7. The molecule has 18 heteroatoms. The van der Waals surface area contributed by atoms with Crippen LogP contribution in [0, 0.1) is 0 Å². The molecule has 1 fully saturated rings. The number of hydrogen-bond donors (Lipinski definition) is 4. The van der Waals surface area contributed by atoms with Crippen LogP contribution in [0.25, 0.3) is 0 Å². The summed E-state index contributed by atoms with van der Waals surface area (Å²) in [6, 6.07) is -2.62. The minimum absolute atomic E-state index is 0.0587.